The van der Waals surface area contributed by atoms with Crippen LogP contribution in [0.1, 0.15) is 29.6 Å². The Kier molecular flexibility index (Phi) is 2.55. The van der Waals surface area contributed by atoms with Crippen LogP contribution in [0.15, 0.2) is 28.8 Å². The Balaban J connectivity index is 1.66. The van der Waals surface area contributed by atoms with E-state index < -0.39 is 5.60 Å². The normalized spacial score (nSPS) is 28.4. The Hall–Kier alpha value is -1.92. The number of ether oxygens (including phenoxy) is 1. The largest absolute Gasteiger partial charge is 0.492 e. The number of aromatic nitrogens is 2. The fourth-order valence-electron chi connectivity index (χ4n) is 2.80. The van der Waals surface area contributed by atoms with E-state index in [1.54, 1.807) is 0 Å². The second kappa shape index (κ2) is 4.29. The predicted octanol–water partition coefficient (Wildman–Crippen LogP) is 0.775. The van der Waals surface area contributed by atoms with Crippen molar-refractivity contribution >= 4 is 0 Å². The van der Waals surface area contributed by atoms with Gasteiger partial charge in [-0.2, -0.15) is 4.98 Å². The smallest absolute Gasteiger partial charge is 0.260 e. The van der Waals surface area contributed by atoms with Gasteiger partial charge in [0.25, 0.3) is 5.89 Å². The molecule has 1 saturated heterocycles. The summed E-state index contributed by atoms with van der Waals surface area (Å²) in [5.41, 5.74) is 0.0286. The number of nitrogens with zero attached hydrogens (tertiary/aromatic N) is 2. The van der Waals surface area contributed by atoms with Crippen molar-refractivity contribution in [1.29, 1.82) is 0 Å². The van der Waals surface area contributed by atoms with Crippen LogP contribution in [0.5, 0.6) is 5.75 Å². The van der Waals surface area contributed by atoms with Gasteiger partial charge in [0.1, 0.15) is 12.4 Å². The summed E-state index contributed by atoms with van der Waals surface area (Å²) in [6, 6.07) is 7.85. The molecule has 0 amide bonds. The third-order valence-electron chi connectivity index (χ3n) is 3.98. The molecule has 2 aliphatic rings. The van der Waals surface area contributed by atoms with E-state index in [9.17, 15) is 5.11 Å². The van der Waals surface area contributed by atoms with E-state index >= 15 is 0 Å². The molecule has 0 spiro atoms. The Morgan fingerprint density at radius 2 is 2.25 bits per heavy atom. The van der Waals surface area contributed by atoms with Gasteiger partial charge in [0.2, 0.25) is 0 Å². The van der Waals surface area contributed by atoms with Gasteiger partial charge >= 0.3 is 0 Å². The van der Waals surface area contributed by atoms with E-state index in [1.807, 2.05) is 24.3 Å². The number of para-hydroxylation sites is 1. The van der Waals surface area contributed by atoms with Crippen molar-refractivity contribution in [1.82, 2.24) is 15.5 Å². The third-order valence-corrected chi connectivity index (χ3v) is 3.98. The molecule has 1 fully saturated rings. The molecule has 0 bridgehead atoms. The molecule has 104 valence electrons. The van der Waals surface area contributed by atoms with E-state index in [4.69, 9.17) is 9.26 Å². The first-order valence-corrected chi connectivity index (χ1v) is 6.75. The minimum atomic E-state index is -1.04. The number of hydrogen-bond acceptors (Lipinski definition) is 6. The molecule has 0 aliphatic carbocycles. The van der Waals surface area contributed by atoms with Crippen LogP contribution >= 0.6 is 0 Å². The molecule has 2 unspecified atom stereocenters. The Morgan fingerprint density at radius 1 is 1.35 bits per heavy atom. The Morgan fingerprint density at radius 3 is 3.10 bits per heavy atom. The van der Waals surface area contributed by atoms with Crippen molar-refractivity contribution in [2.24, 2.45) is 0 Å². The molecule has 6 nitrogen and oxygen atoms in total. The Labute approximate surface area is 115 Å². The van der Waals surface area contributed by atoms with Crippen LogP contribution < -0.4 is 10.1 Å². The molecule has 4 rings (SSSR count). The quantitative estimate of drug-likeness (QED) is 0.841. The van der Waals surface area contributed by atoms with Crippen LogP contribution in [-0.4, -0.2) is 34.9 Å². The van der Waals surface area contributed by atoms with Crippen molar-refractivity contribution in [3.8, 4) is 5.75 Å². The lowest BCUT2D eigenvalue weighted by atomic mass is 10.0. The topological polar surface area (TPSA) is 80.4 Å². The lowest BCUT2D eigenvalue weighted by Crippen LogP contribution is -2.28. The second-order valence-electron chi connectivity index (χ2n) is 5.32. The third kappa shape index (κ3) is 1.72. The highest BCUT2D eigenvalue weighted by Gasteiger charge is 2.40. The summed E-state index contributed by atoms with van der Waals surface area (Å²) >= 11 is 0. The Bertz CT molecular complexity index is 634. The summed E-state index contributed by atoms with van der Waals surface area (Å²) in [5.74, 6) is 1.71. The van der Waals surface area contributed by atoms with E-state index in [0.717, 1.165) is 17.9 Å². The maximum Gasteiger partial charge on any atom is 0.260 e. The molecule has 0 radical (unpaired) electrons. The molecular formula is C14H15N3O3. The number of aliphatic hydroxyl groups is 1. The first-order valence-electron chi connectivity index (χ1n) is 6.75. The van der Waals surface area contributed by atoms with Gasteiger partial charge in [-0.1, -0.05) is 23.4 Å². The molecule has 1 aromatic carbocycles. The summed E-state index contributed by atoms with van der Waals surface area (Å²) in [6.45, 7) is 1.71. The van der Waals surface area contributed by atoms with Gasteiger partial charge in [-0.3, -0.25) is 0 Å². The minimum Gasteiger partial charge on any atom is -0.492 e. The maximum absolute atomic E-state index is 10.4. The molecule has 2 aromatic rings. The molecule has 2 aliphatic heterocycles. The first-order chi connectivity index (χ1) is 9.76. The lowest BCUT2D eigenvalue weighted by molar-refractivity contribution is 0.0243. The highest BCUT2D eigenvalue weighted by atomic mass is 16.5. The van der Waals surface area contributed by atoms with Crippen molar-refractivity contribution in [3.05, 3.63) is 41.5 Å². The summed E-state index contributed by atoms with van der Waals surface area (Å²) < 4.78 is 10.9. The summed E-state index contributed by atoms with van der Waals surface area (Å²) in [5, 5.41) is 17.6. The van der Waals surface area contributed by atoms with Gasteiger partial charge in [0, 0.05) is 12.1 Å². The number of β-amino-alcohol motifs (C(OH)–C–C–N with tert-alkyl or cyclic N) is 1. The molecule has 20 heavy (non-hydrogen) atoms. The van der Waals surface area contributed by atoms with Crippen LogP contribution in [0, 0.1) is 0 Å². The van der Waals surface area contributed by atoms with Gasteiger partial charge in [-0.25, -0.2) is 0 Å². The van der Waals surface area contributed by atoms with Gasteiger partial charge in [-0.15, -0.1) is 0 Å². The predicted molar refractivity (Wildman–Crippen MR) is 69.5 cm³/mol. The second-order valence-corrected chi connectivity index (χ2v) is 5.32. The zero-order valence-corrected chi connectivity index (χ0v) is 10.9. The fraction of sp³-hybridized carbons (Fsp3) is 0.429. The summed E-state index contributed by atoms with van der Waals surface area (Å²) in [6.07, 6.45) is 0.590. The van der Waals surface area contributed by atoms with Crippen molar-refractivity contribution in [2.45, 2.75) is 17.9 Å². The van der Waals surface area contributed by atoms with E-state index in [0.29, 0.717) is 31.3 Å². The summed E-state index contributed by atoms with van der Waals surface area (Å²) in [7, 11) is 0. The number of benzene rings is 1. The van der Waals surface area contributed by atoms with Crippen LogP contribution in [-0.2, 0) is 5.60 Å². The van der Waals surface area contributed by atoms with Gasteiger partial charge in [0.15, 0.2) is 11.4 Å². The zero-order valence-electron chi connectivity index (χ0n) is 10.9. The van der Waals surface area contributed by atoms with Gasteiger partial charge in [-0.05, 0) is 19.0 Å². The summed E-state index contributed by atoms with van der Waals surface area (Å²) in [4.78, 5) is 4.40. The number of hydrogen-bond donors (Lipinski definition) is 2. The zero-order chi connectivity index (χ0) is 13.6. The minimum absolute atomic E-state index is 0.0262. The highest BCUT2D eigenvalue weighted by molar-refractivity contribution is 5.42. The highest BCUT2D eigenvalue weighted by Crippen LogP contribution is 2.37. The van der Waals surface area contributed by atoms with Crippen LogP contribution in [0.2, 0.25) is 0 Å². The van der Waals surface area contributed by atoms with Crippen molar-refractivity contribution in [2.75, 3.05) is 19.7 Å². The standard InChI is InChI=1S/C14H15N3O3/c18-14(5-6-15-8-14)13-16-12(17-20-13)10-7-19-11-4-2-1-3-9(10)11/h1-4,10,15,18H,5-8H2. The van der Waals surface area contributed by atoms with Gasteiger partial charge < -0.3 is 19.7 Å². The number of nitrogens with one attached hydrogen (secondary N) is 1. The molecule has 2 N–H and O–H groups in total. The lowest BCUT2D eigenvalue weighted by Gasteiger charge is -2.14. The number of rotatable bonds is 2. The monoisotopic (exact) mass is 273 g/mol. The average Bonchev–Trinajstić information content (AvgIpc) is 3.16. The van der Waals surface area contributed by atoms with Crippen LogP contribution in [0.3, 0.4) is 0 Å². The van der Waals surface area contributed by atoms with Crippen molar-refractivity contribution < 1.29 is 14.4 Å². The fourth-order valence-corrected chi connectivity index (χ4v) is 2.80. The molecule has 0 saturated carbocycles. The molecule has 1 aromatic heterocycles. The maximum atomic E-state index is 10.4. The van der Waals surface area contributed by atoms with E-state index in [2.05, 4.69) is 15.5 Å². The van der Waals surface area contributed by atoms with E-state index in [-0.39, 0.29) is 5.92 Å². The average molecular weight is 273 g/mol. The molecule has 2 atom stereocenters. The van der Waals surface area contributed by atoms with Crippen LogP contribution in [0.25, 0.3) is 0 Å². The molecule has 6 heteroatoms. The SMILES string of the molecule is OC1(c2nc(C3COc4ccccc43)no2)CCNC1. The first kappa shape index (κ1) is 11.9. The van der Waals surface area contributed by atoms with E-state index in [1.165, 1.54) is 0 Å². The molecular weight excluding hydrogens is 258 g/mol. The van der Waals surface area contributed by atoms with Crippen molar-refractivity contribution in [3.63, 3.8) is 0 Å². The molecule has 3 heterocycles. The van der Waals surface area contributed by atoms with Gasteiger partial charge in [0.05, 0.1) is 5.92 Å². The number of fused-ring (bicyclic) bond motifs is 1. The van der Waals surface area contributed by atoms with Crippen LogP contribution in [0.4, 0.5) is 0 Å².